The fraction of sp³-hybridized carbons (Fsp3) is 0.588. The molecule has 1 aromatic rings. The minimum Gasteiger partial charge on any atom is -0.382 e. The van der Waals surface area contributed by atoms with Crippen LogP contribution in [0.3, 0.4) is 0 Å². The second-order valence-corrected chi connectivity index (χ2v) is 5.73. The molecule has 0 unspecified atom stereocenters. The molecular formula is C17H26N2. The van der Waals surface area contributed by atoms with Gasteiger partial charge in [0.25, 0.3) is 0 Å². The van der Waals surface area contributed by atoms with Crippen molar-refractivity contribution in [3.8, 4) is 6.07 Å². The fourth-order valence-corrected chi connectivity index (χ4v) is 2.27. The van der Waals surface area contributed by atoms with Crippen molar-refractivity contribution < 1.29 is 0 Å². The van der Waals surface area contributed by atoms with Crippen LogP contribution in [0.25, 0.3) is 0 Å². The quantitative estimate of drug-likeness (QED) is 0.757. The number of nitrogens with zero attached hydrogens (tertiary/aromatic N) is 1. The van der Waals surface area contributed by atoms with Crippen molar-refractivity contribution in [1.82, 2.24) is 0 Å². The van der Waals surface area contributed by atoms with Crippen molar-refractivity contribution in [2.24, 2.45) is 0 Å². The molecule has 0 aliphatic rings. The third-order valence-electron chi connectivity index (χ3n) is 3.53. The lowest BCUT2D eigenvalue weighted by Crippen LogP contribution is -2.19. The zero-order valence-electron chi connectivity index (χ0n) is 12.7. The molecule has 0 fully saturated rings. The summed E-state index contributed by atoms with van der Waals surface area (Å²) < 4.78 is 0. The first-order chi connectivity index (χ1) is 9.03. The predicted molar refractivity (Wildman–Crippen MR) is 82.3 cm³/mol. The van der Waals surface area contributed by atoms with Crippen LogP contribution < -0.4 is 5.32 Å². The second kappa shape index (κ2) is 7.19. The van der Waals surface area contributed by atoms with Gasteiger partial charge in [-0.3, -0.25) is 0 Å². The van der Waals surface area contributed by atoms with Gasteiger partial charge in [0.2, 0.25) is 0 Å². The van der Waals surface area contributed by atoms with Gasteiger partial charge in [0.1, 0.15) is 0 Å². The lowest BCUT2D eigenvalue weighted by Gasteiger charge is -2.20. The maximum atomic E-state index is 9.14. The molecule has 0 bridgehead atoms. The van der Waals surface area contributed by atoms with Gasteiger partial charge in [0.05, 0.1) is 11.5 Å². The molecule has 1 aromatic carbocycles. The molecule has 0 aromatic heterocycles. The first-order valence-corrected chi connectivity index (χ1v) is 7.31. The molecule has 0 aliphatic heterocycles. The summed E-state index contributed by atoms with van der Waals surface area (Å²) in [6.45, 7) is 8.35. The van der Waals surface area contributed by atoms with Crippen LogP contribution in [0, 0.1) is 11.3 Å². The number of benzene rings is 1. The summed E-state index contributed by atoms with van der Waals surface area (Å²) in [5.41, 5.74) is 1.82. The van der Waals surface area contributed by atoms with E-state index in [1.807, 2.05) is 13.8 Å². The molecule has 2 nitrogen and oxygen atoms in total. The molecule has 0 aliphatic carbocycles. The van der Waals surface area contributed by atoms with E-state index < -0.39 is 5.41 Å². The molecule has 0 spiro atoms. The van der Waals surface area contributed by atoms with E-state index in [0.29, 0.717) is 6.04 Å². The number of hydrogen-bond donors (Lipinski definition) is 1. The van der Waals surface area contributed by atoms with Crippen LogP contribution in [-0.4, -0.2) is 6.04 Å². The Morgan fingerprint density at radius 2 is 1.63 bits per heavy atom. The Morgan fingerprint density at radius 3 is 2.05 bits per heavy atom. The molecule has 1 N–H and O–H groups in total. The lowest BCUT2D eigenvalue weighted by atomic mass is 9.86. The Morgan fingerprint density at radius 1 is 1.11 bits per heavy atom. The molecule has 1 rings (SSSR count). The number of rotatable bonds is 7. The van der Waals surface area contributed by atoms with Gasteiger partial charge in [-0.05, 0) is 44.4 Å². The van der Waals surface area contributed by atoms with Crippen LogP contribution in [-0.2, 0) is 5.41 Å². The first-order valence-electron chi connectivity index (χ1n) is 7.31. The standard InChI is InChI=1S/C17H26N2/c1-5-7-15(8-6-2)19-16-11-9-14(10-12-16)17(3,4)13-18/h9-12,15,19H,5-8H2,1-4H3. The minimum atomic E-state index is -0.412. The highest BCUT2D eigenvalue weighted by Crippen LogP contribution is 2.24. The highest BCUT2D eigenvalue weighted by atomic mass is 14.9. The van der Waals surface area contributed by atoms with Crippen molar-refractivity contribution in [2.75, 3.05) is 5.32 Å². The van der Waals surface area contributed by atoms with Gasteiger partial charge in [0.15, 0.2) is 0 Å². The summed E-state index contributed by atoms with van der Waals surface area (Å²) in [6, 6.07) is 11.2. The largest absolute Gasteiger partial charge is 0.382 e. The second-order valence-electron chi connectivity index (χ2n) is 5.73. The van der Waals surface area contributed by atoms with Gasteiger partial charge in [-0.2, -0.15) is 5.26 Å². The Balaban J connectivity index is 2.73. The molecule has 0 amide bonds. The lowest BCUT2D eigenvalue weighted by molar-refractivity contribution is 0.586. The maximum Gasteiger partial charge on any atom is 0.0766 e. The van der Waals surface area contributed by atoms with Gasteiger partial charge in [0, 0.05) is 11.7 Å². The van der Waals surface area contributed by atoms with Gasteiger partial charge in [-0.25, -0.2) is 0 Å². The van der Waals surface area contributed by atoms with Crippen LogP contribution in [0.5, 0.6) is 0 Å². The van der Waals surface area contributed by atoms with E-state index in [-0.39, 0.29) is 0 Å². The maximum absolute atomic E-state index is 9.14. The molecule has 104 valence electrons. The topological polar surface area (TPSA) is 35.8 Å². The molecule has 0 radical (unpaired) electrons. The van der Waals surface area contributed by atoms with Crippen molar-refractivity contribution in [3.05, 3.63) is 29.8 Å². The van der Waals surface area contributed by atoms with E-state index in [1.54, 1.807) is 0 Å². The molecule has 0 saturated carbocycles. The summed E-state index contributed by atoms with van der Waals surface area (Å²) in [4.78, 5) is 0. The van der Waals surface area contributed by atoms with E-state index in [2.05, 4.69) is 49.5 Å². The first kappa shape index (κ1) is 15.6. The third-order valence-corrected chi connectivity index (χ3v) is 3.53. The monoisotopic (exact) mass is 258 g/mol. The SMILES string of the molecule is CCCC(CCC)Nc1ccc(C(C)(C)C#N)cc1. The van der Waals surface area contributed by atoms with E-state index in [0.717, 1.165) is 11.3 Å². The summed E-state index contributed by atoms with van der Waals surface area (Å²) in [5, 5.41) is 12.7. The van der Waals surface area contributed by atoms with Crippen molar-refractivity contribution >= 4 is 5.69 Å². The molecule has 2 heteroatoms. The average molecular weight is 258 g/mol. The smallest absolute Gasteiger partial charge is 0.0766 e. The summed E-state index contributed by atoms with van der Waals surface area (Å²) in [6.07, 6.45) is 4.83. The van der Waals surface area contributed by atoms with Crippen LogP contribution in [0.2, 0.25) is 0 Å². The summed E-state index contributed by atoms with van der Waals surface area (Å²) >= 11 is 0. The summed E-state index contributed by atoms with van der Waals surface area (Å²) in [7, 11) is 0. The van der Waals surface area contributed by atoms with Crippen molar-refractivity contribution in [2.45, 2.75) is 64.8 Å². The van der Waals surface area contributed by atoms with Gasteiger partial charge in [-0.15, -0.1) is 0 Å². The Hall–Kier alpha value is -1.49. The molecule has 0 heterocycles. The number of nitriles is 1. The zero-order valence-corrected chi connectivity index (χ0v) is 12.7. The van der Waals surface area contributed by atoms with Crippen molar-refractivity contribution in [1.29, 1.82) is 5.26 Å². The third kappa shape index (κ3) is 4.59. The van der Waals surface area contributed by atoms with Crippen LogP contribution in [0.1, 0.15) is 58.9 Å². The Kier molecular flexibility index (Phi) is 5.89. The highest BCUT2D eigenvalue weighted by molar-refractivity contribution is 5.47. The van der Waals surface area contributed by atoms with E-state index in [4.69, 9.17) is 5.26 Å². The number of nitrogens with one attached hydrogen (secondary N) is 1. The normalized spacial score (nSPS) is 11.4. The fourth-order valence-electron chi connectivity index (χ4n) is 2.27. The van der Waals surface area contributed by atoms with Crippen molar-refractivity contribution in [3.63, 3.8) is 0 Å². The van der Waals surface area contributed by atoms with Gasteiger partial charge >= 0.3 is 0 Å². The zero-order chi connectivity index (χ0) is 14.3. The number of hydrogen-bond acceptors (Lipinski definition) is 2. The molecule has 0 atom stereocenters. The van der Waals surface area contributed by atoms with Crippen LogP contribution >= 0.6 is 0 Å². The molecular weight excluding hydrogens is 232 g/mol. The predicted octanol–water partition coefficient (Wildman–Crippen LogP) is 4.87. The van der Waals surface area contributed by atoms with Crippen LogP contribution in [0.4, 0.5) is 5.69 Å². The highest BCUT2D eigenvalue weighted by Gasteiger charge is 2.19. The van der Waals surface area contributed by atoms with E-state index in [9.17, 15) is 0 Å². The average Bonchev–Trinajstić information content (AvgIpc) is 2.40. The number of anilines is 1. The molecule has 19 heavy (non-hydrogen) atoms. The Bertz CT molecular complexity index is 406. The molecule has 0 saturated heterocycles. The van der Waals surface area contributed by atoms with Gasteiger partial charge < -0.3 is 5.32 Å². The van der Waals surface area contributed by atoms with E-state index in [1.165, 1.54) is 25.7 Å². The van der Waals surface area contributed by atoms with Gasteiger partial charge in [-0.1, -0.05) is 38.8 Å². The van der Waals surface area contributed by atoms with E-state index >= 15 is 0 Å². The Labute approximate surface area is 117 Å². The minimum absolute atomic E-state index is 0.412. The summed E-state index contributed by atoms with van der Waals surface area (Å²) in [5.74, 6) is 0. The van der Waals surface area contributed by atoms with Crippen LogP contribution in [0.15, 0.2) is 24.3 Å².